The molecule has 0 saturated carbocycles. The Balaban J connectivity index is 3.31. The van der Waals surface area contributed by atoms with E-state index in [1.807, 2.05) is 0 Å². The van der Waals surface area contributed by atoms with E-state index in [2.05, 4.69) is 11.4 Å². The Morgan fingerprint density at radius 3 is 2.45 bits per heavy atom. The number of rotatable bonds is 6. The highest BCUT2D eigenvalue weighted by Gasteiger charge is 2.14. The average molecular weight is 180 g/mol. The third kappa shape index (κ3) is 6.54. The molecule has 11 heavy (non-hydrogen) atoms. The highest BCUT2D eigenvalue weighted by atomic mass is 31.2. The van der Waals surface area contributed by atoms with Crippen molar-refractivity contribution >= 4 is 7.60 Å². The molecule has 1 unspecified atom stereocenters. The van der Waals surface area contributed by atoms with E-state index in [1.165, 1.54) is 7.11 Å². The zero-order valence-corrected chi connectivity index (χ0v) is 8.14. The first-order valence-electron chi connectivity index (χ1n) is 4.00. The van der Waals surface area contributed by atoms with Crippen LogP contribution in [0.15, 0.2) is 0 Å². The maximum absolute atomic E-state index is 10.9. The van der Waals surface area contributed by atoms with Crippen molar-refractivity contribution in [2.75, 3.05) is 13.3 Å². The third-order valence-corrected chi connectivity index (χ3v) is 3.03. The predicted octanol–water partition coefficient (Wildman–Crippen LogP) is 2.40. The van der Waals surface area contributed by atoms with Crippen molar-refractivity contribution in [3.05, 3.63) is 0 Å². The van der Waals surface area contributed by atoms with Gasteiger partial charge in [-0.1, -0.05) is 26.2 Å². The summed E-state index contributed by atoms with van der Waals surface area (Å²) in [5.41, 5.74) is 0. The number of hydrogen-bond acceptors (Lipinski definition) is 2. The third-order valence-electron chi connectivity index (χ3n) is 1.58. The van der Waals surface area contributed by atoms with Gasteiger partial charge in [0.05, 0.1) is 0 Å². The summed E-state index contributed by atoms with van der Waals surface area (Å²) in [6.07, 6.45) is 4.37. The molecule has 0 fully saturated rings. The molecular formula is C7H17O3P. The van der Waals surface area contributed by atoms with Crippen molar-refractivity contribution in [3.63, 3.8) is 0 Å². The van der Waals surface area contributed by atoms with Crippen LogP contribution in [-0.2, 0) is 9.09 Å². The Labute approximate surface area is 68.3 Å². The molecule has 0 aromatic heterocycles. The minimum Gasteiger partial charge on any atom is -0.324 e. The van der Waals surface area contributed by atoms with E-state index < -0.39 is 7.60 Å². The van der Waals surface area contributed by atoms with Gasteiger partial charge in [-0.05, 0) is 6.42 Å². The van der Waals surface area contributed by atoms with E-state index >= 15 is 0 Å². The quantitative estimate of drug-likeness (QED) is 0.504. The molecule has 0 aliphatic carbocycles. The van der Waals surface area contributed by atoms with Gasteiger partial charge in [0.2, 0.25) is 0 Å². The van der Waals surface area contributed by atoms with Gasteiger partial charge in [0.1, 0.15) is 0 Å². The molecule has 1 atom stereocenters. The molecule has 1 N–H and O–H groups in total. The highest BCUT2D eigenvalue weighted by Crippen LogP contribution is 2.41. The first-order chi connectivity index (χ1) is 5.12. The summed E-state index contributed by atoms with van der Waals surface area (Å²) in [6.45, 7) is 2.11. The molecule has 68 valence electrons. The highest BCUT2D eigenvalue weighted by molar-refractivity contribution is 7.52. The van der Waals surface area contributed by atoms with E-state index in [9.17, 15) is 4.57 Å². The SMILES string of the molecule is CCCCCCP(=O)(O)OC. The summed E-state index contributed by atoms with van der Waals surface area (Å²) in [5, 5.41) is 0. The Kier molecular flexibility index (Phi) is 5.83. The summed E-state index contributed by atoms with van der Waals surface area (Å²) in [5.74, 6) is 0. The van der Waals surface area contributed by atoms with E-state index in [-0.39, 0.29) is 0 Å². The van der Waals surface area contributed by atoms with Crippen molar-refractivity contribution in [3.8, 4) is 0 Å². The molecule has 4 heteroatoms. The van der Waals surface area contributed by atoms with Gasteiger partial charge in [-0.3, -0.25) is 4.57 Å². The zero-order valence-electron chi connectivity index (χ0n) is 7.25. The second-order valence-electron chi connectivity index (χ2n) is 2.60. The first kappa shape index (κ1) is 11.2. The predicted molar refractivity (Wildman–Crippen MR) is 45.8 cm³/mol. The fraction of sp³-hybridized carbons (Fsp3) is 1.00. The minimum atomic E-state index is -3.21. The molecule has 0 saturated heterocycles. The fourth-order valence-electron chi connectivity index (χ4n) is 0.830. The second kappa shape index (κ2) is 5.76. The Morgan fingerprint density at radius 1 is 1.36 bits per heavy atom. The van der Waals surface area contributed by atoms with Crippen LogP contribution in [0.5, 0.6) is 0 Å². The van der Waals surface area contributed by atoms with Crippen molar-refractivity contribution in [1.29, 1.82) is 0 Å². The molecule has 0 aliphatic heterocycles. The van der Waals surface area contributed by atoms with Gasteiger partial charge < -0.3 is 9.42 Å². The molecule has 0 spiro atoms. The maximum Gasteiger partial charge on any atom is 0.327 e. The number of hydrogen-bond donors (Lipinski definition) is 1. The van der Waals surface area contributed by atoms with Gasteiger partial charge in [0.25, 0.3) is 0 Å². The van der Waals surface area contributed by atoms with E-state index in [0.717, 1.165) is 25.7 Å². The van der Waals surface area contributed by atoms with E-state index in [4.69, 9.17) is 4.89 Å². The summed E-state index contributed by atoms with van der Waals surface area (Å²) >= 11 is 0. The lowest BCUT2D eigenvalue weighted by Crippen LogP contribution is -1.90. The lowest BCUT2D eigenvalue weighted by Gasteiger charge is -2.07. The first-order valence-corrected chi connectivity index (χ1v) is 5.76. The molecule has 3 nitrogen and oxygen atoms in total. The van der Waals surface area contributed by atoms with Crippen LogP contribution in [-0.4, -0.2) is 18.2 Å². The molecule has 0 aromatic carbocycles. The molecule has 0 rings (SSSR count). The topological polar surface area (TPSA) is 46.5 Å². The molecule has 0 bridgehead atoms. The molecule has 0 aliphatic rings. The monoisotopic (exact) mass is 180 g/mol. The average Bonchev–Trinajstić information content (AvgIpc) is 1.99. The van der Waals surface area contributed by atoms with Crippen molar-refractivity contribution in [2.45, 2.75) is 32.6 Å². The lowest BCUT2D eigenvalue weighted by atomic mass is 10.2. The standard InChI is InChI=1S/C7H17O3P/c1-3-4-5-6-7-11(8,9)10-2/h3-7H2,1-2H3,(H,8,9). The molecule has 0 heterocycles. The van der Waals surface area contributed by atoms with Crippen LogP contribution in [0, 0.1) is 0 Å². The largest absolute Gasteiger partial charge is 0.327 e. The van der Waals surface area contributed by atoms with Crippen LogP contribution in [0.3, 0.4) is 0 Å². The summed E-state index contributed by atoms with van der Waals surface area (Å²) in [4.78, 5) is 8.96. The zero-order chi connectivity index (χ0) is 8.74. The Hall–Kier alpha value is 0.150. The van der Waals surface area contributed by atoms with Gasteiger partial charge >= 0.3 is 7.60 Å². The maximum atomic E-state index is 10.9. The fourth-order valence-corrected chi connectivity index (χ4v) is 1.64. The smallest absolute Gasteiger partial charge is 0.324 e. The molecule has 0 aromatic rings. The van der Waals surface area contributed by atoms with Crippen LogP contribution < -0.4 is 0 Å². The summed E-state index contributed by atoms with van der Waals surface area (Å²) in [6, 6.07) is 0. The second-order valence-corrected chi connectivity index (χ2v) is 4.69. The Bertz CT molecular complexity index is 136. The van der Waals surface area contributed by atoms with Crippen molar-refractivity contribution in [1.82, 2.24) is 0 Å². The lowest BCUT2D eigenvalue weighted by molar-refractivity contribution is 0.314. The van der Waals surface area contributed by atoms with E-state index in [1.54, 1.807) is 0 Å². The summed E-state index contributed by atoms with van der Waals surface area (Å²) in [7, 11) is -1.94. The van der Waals surface area contributed by atoms with Crippen LogP contribution in [0.25, 0.3) is 0 Å². The van der Waals surface area contributed by atoms with Gasteiger partial charge in [-0.15, -0.1) is 0 Å². The molecule has 0 radical (unpaired) electrons. The van der Waals surface area contributed by atoms with Crippen LogP contribution in [0.1, 0.15) is 32.6 Å². The Morgan fingerprint density at radius 2 is 2.00 bits per heavy atom. The van der Waals surface area contributed by atoms with Crippen LogP contribution in [0.2, 0.25) is 0 Å². The van der Waals surface area contributed by atoms with Gasteiger partial charge in [0.15, 0.2) is 0 Å². The van der Waals surface area contributed by atoms with Crippen molar-refractivity contribution in [2.24, 2.45) is 0 Å². The van der Waals surface area contributed by atoms with Gasteiger partial charge in [-0.25, -0.2) is 0 Å². The van der Waals surface area contributed by atoms with Crippen LogP contribution >= 0.6 is 7.60 Å². The van der Waals surface area contributed by atoms with Crippen molar-refractivity contribution < 1.29 is 14.0 Å². The number of unbranched alkanes of at least 4 members (excludes halogenated alkanes) is 3. The van der Waals surface area contributed by atoms with Gasteiger partial charge in [-0.2, -0.15) is 0 Å². The van der Waals surface area contributed by atoms with Gasteiger partial charge in [0, 0.05) is 13.3 Å². The molecular weight excluding hydrogens is 163 g/mol. The van der Waals surface area contributed by atoms with E-state index in [0.29, 0.717) is 6.16 Å². The molecule has 0 amide bonds. The minimum absolute atomic E-state index is 0.295. The normalized spacial score (nSPS) is 16.3. The van der Waals surface area contributed by atoms with Crippen LogP contribution in [0.4, 0.5) is 0 Å². The summed E-state index contributed by atoms with van der Waals surface area (Å²) < 4.78 is 15.3.